The molecule has 8 nitrogen and oxygen atoms in total. The SMILES string of the molecule is CCOCC(=O)Nc1scc2c(C(=O)OCC)nn(-c3cccc(Cl)c3)c(=O)c12. The number of fused-ring (bicyclic) bond motifs is 1. The molecule has 0 saturated heterocycles. The molecular formula is C19H18ClN3O5S. The topological polar surface area (TPSA) is 99.5 Å². The van der Waals surface area contributed by atoms with E-state index in [0.717, 1.165) is 16.0 Å². The Kier molecular flexibility index (Phi) is 6.63. The number of thiophene rings is 1. The van der Waals surface area contributed by atoms with E-state index in [2.05, 4.69) is 10.4 Å². The number of nitrogens with zero attached hydrogens (tertiary/aromatic N) is 2. The van der Waals surface area contributed by atoms with Gasteiger partial charge in [0.1, 0.15) is 11.6 Å². The molecule has 0 bridgehead atoms. The van der Waals surface area contributed by atoms with Gasteiger partial charge in [-0.3, -0.25) is 9.59 Å². The maximum Gasteiger partial charge on any atom is 0.359 e. The van der Waals surface area contributed by atoms with Crippen molar-refractivity contribution in [2.45, 2.75) is 13.8 Å². The Morgan fingerprint density at radius 1 is 1.28 bits per heavy atom. The number of rotatable bonds is 7. The van der Waals surface area contributed by atoms with Gasteiger partial charge >= 0.3 is 5.97 Å². The van der Waals surface area contributed by atoms with Gasteiger partial charge in [0.25, 0.3) is 11.5 Å². The number of halogens is 1. The number of hydrogen-bond acceptors (Lipinski definition) is 7. The van der Waals surface area contributed by atoms with E-state index in [0.29, 0.717) is 27.7 Å². The highest BCUT2D eigenvalue weighted by Crippen LogP contribution is 2.30. The average Bonchev–Trinajstić information content (AvgIpc) is 3.11. The molecular weight excluding hydrogens is 418 g/mol. The molecule has 3 aromatic rings. The van der Waals surface area contributed by atoms with Gasteiger partial charge in [-0.15, -0.1) is 11.3 Å². The van der Waals surface area contributed by atoms with Gasteiger partial charge in [-0.25, -0.2) is 4.79 Å². The zero-order valence-electron chi connectivity index (χ0n) is 15.7. The van der Waals surface area contributed by atoms with Crippen LogP contribution in [0.3, 0.4) is 0 Å². The summed E-state index contributed by atoms with van der Waals surface area (Å²) in [4.78, 5) is 37.7. The molecule has 152 valence electrons. The van der Waals surface area contributed by atoms with Gasteiger partial charge in [-0.1, -0.05) is 17.7 Å². The van der Waals surface area contributed by atoms with Gasteiger partial charge in [0.05, 0.1) is 17.7 Å². The molecule has 2 heterocycles. The predicted octanol–water partition coefficient (Wildman–Crippen LogP) is 3.25. The quantitative estimate of drug-likeness (QED) is 0.572. The summed E-state index contributed by atoms with van der Waals surface area (Å²) < 4.78 is 11.3. The lowest BCUT2D eigenvalue weighted by molar-refractivity contribution is -0.120. The average molecular weight is 436 g/mol. The first-order valence-corrected chi connectivity index (χ1v) is 10.1. The van der Waals surface area contributed by atoms with Crippen molar-refractivity contribution in [2.24, 2.45) is 0 Å². The molecule has 0 aliphatic rings. The summed E-state index contributed by atoms with van der Waals surface area (Å²) in [7, 11) is 0. The van der Waals surface area contributed by atoms with Crippen LogP contribution in [0.1, 0.15) is 24.3 Å². The number of aromatic nitrogens is 2. The molecule has 29 heavy (non-hydrogen) atoms. The lowest BCUT2D eigenvalue weighted by Gasteiger charge is -2.10. The zero-order chi connectivity index (χ0) is 21.0. The fourth-order valence-corrected chi connectivity index (χ4v) is 3.77. The van der Waals surface area contributed by atoms with Crippen molar-refractivity contribution in [3.8, 4) is 5.69 Å². The van der Waals surface area contributed by atoms with Gasteiger partial charge in [0.15, 0.2) is 5.69 Å². The first kappa shape index (κ1) is 21.0. The fraction of sp³-hybridized carbons (Fsp3) is 0.263. The van der Waals surface area contributed by atoms with E-state index in [4.69, 9.17) is 21.1 Å². The number of anilines is 1. The Labute approximate surface area is 175 Å². The number of nitrogens with one attached hydrogen (secondary N) is 1. The first-order valence-electron chi connectivity index (χ1n) is 8.81. The molecule has 0 atom stereocenters. The molecule has 0 aliphatic carbocycles. The molecule has 1 amide bonds. The van der Waals surface area contributed by atoms with E-state index in [1.165, 1.54) is 0 Å². The third-order valence-electron chi connectivity index (χ3n) is 3.86. The standard InChI is InChI=1S/C19H18ClN3O5S/c1-3-27-9-14(24)21-17-15-13(10-29-17)16(19(26)28-4-2)22-23(18(15)25)12-7-5-6-11(20)8-12/h5-8,10H,3-4,9H2,1-2H3,(H,21,24). The maximum absolute atomic E-state index is 13.2. The van der Waals surface area contributed by atoms with E-state index in [9.17, 15) is 14.4 Å². The second-order valence-corrected chi connectivity index (χ2v) is 7.12. The van der Waals surface area contributed by atoms with Crippen molar-refractivity contribution in [1.29, 1.82) is 0 Å². The van der Waals surface area contributed by atoms with Crippen LogP contribution in [0.2, 0.25) is 5.02 Å². The molecule has 1 N–H and O–H groups in total. The number of benzene rings is 1. The third-order valence-corrected chi connectivity index (χ3v) is 4.99. The highest BCUT2D eigenvalue weighted by Gasteiger charge is 2.23. The normalized spacial score (nSPS) is 10.9. The summed E-state index contributed by atoms with van der Waals surface area (Å²) in [6, 6.07) is 6.51. The van der Waals surface area contributed by atoms with Gasteiger partial charge < -0.3 is 14.8 Å². The third kappa shape index (κ3) is 4.47. The lowest BCUT2D eigenvalue weighted by Crippen LogP contribution is -2.26. The monoisotopic (exact) mass is 435 g/mol. The summed E-state index contributed by atoms with van der Waals surface area (Å²) in [5.74, 6) is -1.07. The molecule has 10 heteroatoms. The van der Waals surface area contributed by atoms with E-state index < -0.39 is 17.4 Å². The zero-order valence-corrected chi connectivity index (χ0v) is 17.3. The minimum atomic E-state index is -0.668. The molecule has 0 aliphatic heterocycles. The number of amides is 1. The summed E-state index contributed by atoms with van der Waals surface area (Å²) in [6.07, 6.45) is 0. The highest BCUT2D eigenvalue weighted by atomic mass is 35.5. The van der Waals surface area contributed by atoms with Gasteiger partial charge in [0.2, 0.25) is 0 Å². The van der Waals surface area contributed by atoms with E-state index in [1.54, 1.807) is 43.5 Å². The highest BCUT2D eigenvalue weighted by molar-refractivity contribution is 7.16. The number of carbonyl (C=O) groups excluding carboxylic acids is 2. The number of esters is 1. The number of carbonyl (C=O) groups is 2. The van der Waals surface area contributed by atoms with Crippen molar-refractivity contribution in [3.63, 3.8) is 0 Å². The Hall–Kier alpha value is -2.75. The van der Waals surface area contributed by atoms with Crippen molar-refractivity contribution in [3.05, 3.63) is 50.7 Å². The Bertz CT molecular complexity index is 1120. The molecule has 0 radical (unpaired) electrons. The molecule has 2 aromatic heterocycles. The first-order chi connectivity index (χ1) is 14.0. The Balaban J connectivity index is 2.20. The van der Waals surface area contributed by atoms with Crippen LogP contribution >= 0.6 is 22.9 Å². The number of ether oxygens (including phenoxy) is 2. The minimum absolute atomic E-state index is 0.0250. The van der Waals surface area contributed by atoms with E-state index in [-0.39, 0.29) is 24.3 Å². The lowest BCUT2D eigenvalue weighted by atomic mass is 10.2. The molecule has 0 spiro atoms. The second kappa shape index (κ2) is 9.17. The van der Waals surface area contributed by atoms with Crippen LogP contribution in [0, 0.1) is 0 Å². The molecule has 3 rings (SSSR count). The Morgan fingerprint density at radius 3 is 2.76 bits per heavy atom. The van der Waals surface area contributed by atoms with Crippen LogP contribution in [0.5, 0.6) is 0 Å². The van der Waals surface area contributed by atoms with Crippen LogP contribution in [0.15, 0.2) is 34.4 Å². The molecule has 0 saturated carbocycles. The van der Waals surface area contributed by atoms with E-state index >= 15 is 0 Å². The maximum atomic E-state index is 13.2. The van der Waals surface area contributed by atoms with Gasteiger partial charge in [-0.05, 0) is 32.0 Å². The van der Waals surface area contributed by atoms with Crippen molar-refractivity contribution in [1.82, 2.24) is 9.78 Å². The van der Waals surface area contributed by atoms with Gasteiger partial charge in [-0.2, -0.15) is 9.78 Å². The fourth-order valence-electron chi connectivity index (χ4n) is 2.63. The van der Waals surface area contributed by atoms with Crippen LogP contribution in [0.25, 0.3) is 16.5 Å². The second-order valence-electron chi connectivity index (χ2n) is 5.80. The summed E-state index contributed by atoms with van der Waals surface area (Å²) in [5.41, 5.74) is -0.140. The number of hydrogen-bond donors (Lipinski definition) is 1. The summed E-state index contributed by atoms with van der Waals surface area (Å²) >= 11 is 7.16. The summed E-state index contributed by atoms with van der Waals surface area (Å²) in [5, 5.41) is 9.65. The van der Waals surface area contributed by atoms with Crippen LogP contribution in [-0.2, 0) is 14.3 Å². The van der Waals surface area contributed by atoms with Crippen LogP contribution < -0.4 is 10.9 Å². The van der Waals surface area contributed by atoms with Crippen molar-refractivity contribution >= 4 is 50.6 Å². The largest absolute Gasteiger partial charge is 0.461 e. The van der Waals surface area contributed by atoms with Gasteiger partial charge in [0, 0.05) is 22.4 Å². The smallest absolute Gasteiger partial charge is 0.359 e. The van der Waals surface area contributed by atoms with E-state index in [1.807, 2.05) is 0 Å². The predicted molar refractivity (Wildman–Crippen MR) is 111 cm³/mol. The van der Waals surface area contributed by atoms with Crippen molar-refractivity contribution < 1.29 is 19.1 Å². The van der Waals surface area contributed by atoms with Crippen LogP contribution in [-0.4, -0.2) is 41.5 Å². The minimum Gasteiger partial charge on any atom is -0.461 e. The van der Waals surface area contributed by atoms with Crippen LogP contribution in [0.4, 0.5) is 5.00 Å². The summed E-state index contributed by atoms with van der Waals surface area (Å²) in [6.45, 7) is 3.84. The van der Waals surface area contributed by atoms with Crippen molar-refractivity contribution in [2.75, 3.05) is 25.1 Å². The molecule has 0 fully saturated rings. The molecule has 0 unspecified atom stereocenters. The molecule has 1 aromatic carbocycles. The Morgan fingerprint density at radius 2 is 2.07 bits per heavy atom.